The molecule has 1 heterocycles. The van der Waals surface area contributed by atoms with Crippen LogP contribution in [0.1, 0.15) is 37.9 Å². The SMILES string of the molecule is COc1cc(OC)cc(C(C(=O)NC(C)(C)C)N(C(=O)Cn2nnc3ccccc32)c2ccc(C)cc2)c1. The van der Waals surface area contributed by atoms with Gasteiger partial charge in [-0.25, -0.2) is 4.68 Å². The molecule has 0 bridgehead atoms. The van der Waals surface area contributed by atoms with Crippen LogP contribution in [0.4, 0.5) is 5.69 Å². The molecule has 0 aliphatic heterocycles. The molecule has 0 spiro atoms. The van der Waals surface area contributed by atoms with Crippen LogP contribution in [0.3, 0.4) is 0 Å². The summed E-state index contributed by atoms with van der Waals surface area (Å²) in [6.07, 6.45) is 0. The molecule has 1 N–H and O–H groups in total. The molecule has 198 valence electrons. The van der Waals surface area contributed by atoms with E-state index in [1.165, 1.54) is 4.90 Å². The van der Waals surface area contributed by atoms with Crippen LogP contribution in [-0.2, 0) is 16.1 Å². The van der Waals surface area contributed by atoms with Crippen LogP contribution in [-0.4, -0.2) is 46.6 Å². The topological polar surface area (TPSA) is 98.6 Å². The molecule has 0 aliphatic rings. The molecule has 1 atom stereocenters. The molecule has 9 nitrogen and oxygen atoms in total. The van der Waals surface area contributed by atoms with Gasteiger partial charge in [0.05, 0.1) is 19.7 Å². The van der Waals surface area contributed by atoms with Crippen LogP contribution in [0.15, 0.2) is 66.7 Å². The highest BCUT2D eigenvalue weighted by atomic mass is 16.5. The van der Waals surface area contributed by atoms with Gasteiger partial charge in [0.2, 0.25) is 11.8 Å². The Hall–Kier alpha value is -4.40. The molecule has 38 heavy (non-hydrogen) atoms. The summed E-state index contributed by atoms with van der Waals surface area (Å²) in [5.74, 6) is 0.337. The smallest absolute Gasteiger partial charge is 0.249 e. The van der Waals surface area contributed by atoms with E-state index in [9.17, 15) is 9.59 Å². The first-order valence-electron chi connectivity index (χ1n) is 12.3. The van der Waals surface area contributed by atoms with Gasteiger partial charge in [-0.2, -0.15) is 0 Å². The minimum absolute atomic E-state index is 0.116. The summed E-state index contributed by atoms with van der Waals surface area (Å²) in [4.78, 5) is 29.6. The lowest BCUT2D eigenvalue weighted by Gasteiger charge is -2.34. The lowest BCUT2D eigenvalue weighted by Crippen LogP contribution is -2.50. The number of hydrogen-bond acceptors (Lipinski definition) is 6. The minimum atomic E-state index is -1.02. The van der Waals surface area contributed by atoms with Crippen molar-refractivity contribution in [2.75, 3.05) is 19.1 Å². The second kappa shape index (κ2) is 10.9. The van der Waals surface area contributed by atoms with Crippen molar-refractivity contribution >= 4 is 28.5 Å². The second-order valence-electron chi connectivity index (χ2n) is 10.1. The Bertz CT molecular complexity index is 1420. The maximum absolute atomic E-state index is 14.1. The van der Waals surface area contributed by atoms with Crippen molar-refractivity contribution in [1.29, 1.82) is 0 Å². The average Bonchev–Trinajstić information content (AvgIpc) is 3.29. The lowest BCUT2D eigenvalue weighted by molar-refractivity contribution is -0.128. The molecule has 4 rings (SSSR count). The number of rotatable bonds is 8. The highest BCUT2D eigenvalue weighted by Gasteiger charge is 2.35. The minimum Gasteiger partial charge on any atom is -0.497 e. The standard InChI is InChI=1S/C29H33N5O4/c1-19-11-13-21(14-12-19)34(26(35)18-33-25-10-8-7-9-24(25)31-32-33)27(28(36)30-29(2,3)4)20-15-22(37-5)17-23(16-20)38-6/h7-17,27H,18H2,1-6H3,(H,30,36). The van der Waals surface area contributed by atoms with E-state index >= 15 is 0 Å². The van der Waals surface area contributed by atoms with Crippen LogP contribution in [0, 0.1) is 6.92 Å². The fourth-order valence-corrected chi connectivity index (χ4v) is 4.22. The second-order valence-corrected chi connectivity index (χ2v) is 10.1. The molecule has 1 unspecified atom stereocenters. The molecular formula is C29H33N5O4. The van der Waals surface area contributed by atoms with Gasteiger partial charge in [-0.1, -0.05) is 35.0 Å². The number of fused-ring (bicyclic) bond motifs is 1. The normalized spacial score (nSPS) is 12.2. The molecule has 0 radical (unpaired) electrons. The van der Waals surface area contributed by atoms with E-state index in [1.54, 1.807) is 37.1 Å². The summed E-state index contributed by atoms with van der Waals surface area (Å²) in [5, 5.41) is 11.4. The third-order valence-corrected chi connectivity index (χ3v) is 5.98. The van der Waals surface area contributed by atoms with Crippen molar-refractivity contribution in [3.8, 4) is 11.5 Å². The van der Waals surface area contributed by atoms with Gasteiger partial charge in [-0.15, -0.1) is 5.10 Å². The number of anilines is 1. The summed E-state index contributed by atoms with van der Waals surface area (Å²) >= 11 is 0. The maximum atomic E-state index is 14.1. The maximum Gasteiger partial charge on any atom is 0.249 e. The highest BCUT2D eigenvalue weighted by Crippen LogP contribution is 2.34. The van der Waals surface area contributed by atoms with E-state index in [-0.39, 0.29) is 18.4 Å². The van der Waals surface area contributed by atoms with E-state index < -0.39 is 11.6 Å². The highest BCUT2D eigenvalue weighted by molar-refractivity contribution is 6.01. The number of aromatic nitrogens is 3. The number of carbonyl (C=O) groups is 2. The third-order valence-electron chi connectivity index (χ3n) is 5.98. The average molecular weight is 516 g/mol. The largest absolute Gasteiger partial charge is 0.497 e. The molecule has 9 heteroatoms. The monoisotopic (exact) mass is 515 g/mol. The molecule has 1 aromatic heterocycles. The molecule has 2 amide bonds. The van der Waals surface area contributed by atoms with Gasteiger partial charge < -0.3 is 14.8 Å². The van der Waals surface area contributed by atoms with Gasteiger partial charge in [0.15, 0.2) is 0 Å². The zero-order valence-corrected chi connectivity index (χ0v) is 22.6. The zero-order valence-electron chi connectivity index (χ0n) is 22.6. The van der Waals surface area contributed by atoms with Gasteiger partial charge in [0.25, 0.3) is 0 Å². The summed E-state index contributed by atoms with van der Waals surface area (Å²) < 4.78 is 12.5. The van der Waals surface area contributed by atoms with Gasteiger partial charge in [-0.3, -0.25) is 14.5 Å². The van der Waals surface area contributed by atoms with E-state index in [4.69, 9.17) is 9.47 Å². The summed E-state index contributed by atoms with van der Waals surface area (Å²) in [7, 11) is 3.09. The Morgan fingerprint density at radius 1 is 0.974 bits per heavy atom. The lowest BCUT2D eigenvalue weighted by atomic mass is 9.99. The molecule has 0 saturated heterocycles. The molecule has 0 saturated carbocycles. The fraction of sp³-hybridized carbons (Fsp3) is 0.310. The van der Waals surface area contributed by atoms with E-state index in [2.05, 4.69) is 15.6 Å². The van der Waals surface area contributed by atoms with Crippen LogP contribution in [0.25, 0.3) is 11.0 Å². The molecule has 0 aliphatic carbocycles. The Balaban J connectivity index is 1.87. The fourth-order valence-electron chi connectivity index (χ4n) is 4.22. The first kappa shape index (κ1) is 26.7. The Kier molecular flexibility index (Phi) is 7.66. The summed E-state index contributed by atoms with van der Waals surface area (Å²) in [6.45, 7) is 7.54. The Morgan fingerprint density at radius 2 is 1.61 bits per heavy atom. The van der Waals surface area contributed by atoms with Crippen molar-refractivity contribution in [2.45, 2.75) is 45.8 Å². The van der Waals surface area contributed by atoms with Gasteiger partial charge >= 0.3 is 0 Å². The number of nitrogens with one attached hydrogen (secondary N) is 1. The van der Waals surface area contributed by atoms with E-state index in [0.717, 1.165) is 11.1 Å². The van der Waals surface area contributed by atoms with Crippen molar-refractivity contribution in [3.05, 3.63) is 77.9 Å². The van der Waals surface area contributed by atoms with Crippen molar-refractivity contribution in [2.24, 2.45) is 0 Å². The first-order chi connectivity index (χ1) is 18.1. The number of carbonyl (C=O) groups excluding carboxylic acids is 2. The predicted molar refractivity (Wildman–Crippen MR) is 146 cm³/mol. The van der Waals surface area contributed by atoms with Crippen LogP contribution >= 0.6 is 0 Å². The molecule has 0 fully saturated rings. The third kappa shape index (κ3) is 5.94. The Labute approximate surface area is 222 Å². The van der Waals surface area contributed by atoms with Crippen molar-refractivity contribution < 1.29 is 19.1 Å². The number of hydrogen-bond donors (Lipinski definition) is 1. The zero-order chi connectivity index (χ0) is 27.4. The Morgan fingerprint density at radius 3 is 2.21 bits per heavy atom. The predicted octanol–water partition coefficient (Wildman–Crippen LogP) is 4.45. The number of amides is 2. The van der Waals surface area contributed by atoms with Crippen LogP contribution in [0.5, 0.6) is 11.5 Å². The quantitative estimate of drug-likeness (QED) is 0.372. The number of ether oxygens (including phenoxy) is 2. The first-order valence-corrected chi connectivity index (χ1v) is 12.3. The van der Waals surface area contributed by atoms with Gasteiger partial charge in [0.1, 0.15) is 29.6 Å². The number of para-hydroxylation sites is 1. The van der Waals surface area contributed by atoms with Gasteiger partial charge in [0, 0.05) is 17.3 Å². The van der Waals surface area contributed by atoms with Crippen LogP contribution < -0.4 is 19.7 Å². The molecule has 4 aromatic rings. The summed E-state index contributed by atoms with van der Waals surface area (Å²) in [5.41, 5.74) is 3.01. The number of benzene rings is 3. The number of aryl methyl sites for hydroxylation is 1. The van der Waals surface area contributed by atoms with Crippen molar-refractivity contribution in [1.82, 2.24) is 20.3 Å². The number of methoxy groups -OCH3 is 2. The van der Waals surface area contributed by atoms with E-state index in [1.807, 2.05) is 76.2 Å². The van der Waals surface area contributed by atoms with Crippen LogP contribution in [0.2, 0.25) is 0 Å². The summed E-state index contributed by atoms with van der Waals surface area (Å²) in [6, 6.07) is 19.1. The van der Waals surface area contributed by atoms with Gasteiger partial charge in [-0.05, 0) is 69.7 Å². The number of nitrogens with zero attached hydrogens (tertiary/aromatic N) is 4. The molecular weight excluding hydrogens is 482 g/mol. The van der Waals surface area contributed by atoms with Crippen molar-refractivity contribution in [3.63, 3.8) is 0 Å². The molecule has 3 aromatic carbocycles. The van der Waals surface area contributed by atoms with E-state index in [0.29, 0.717) is 28.3 Å².